The van der Waals surface area contributed by atoms with Crippen molar-refractivity contribution in [3.8, 4) is 5.69 Å². The minimum absolute atomic E-state index is 0.114. The number of ether oxygens (including phenoxy) is 1. The smallest absolute Gasteiger partial charge is 0.276 e. The zero-order valence-corrected chi connectivity index (χ0v) is 19.9. The average Bonchev–Trinajstić information content (AvgIpc) is 3.57. The van der Waals surface area contributed by atoms with E-state index in [2.05, 4.69) is 15.3 Å². The highest BCUT2D eigenvalue weighted by atomic mass is 32.2. The van der Waals surface area contributed by atoms with Gasteiger partial charge in [0.05, 0.1) is 35.2 Å². The normalized spacial score (nSPS) is 17.0. The second-order valence-electron chi connectivity index (χ2n) is 8.47. The number of halogens is 1. The standard InChI is InChI=1S/C24H26FN5O4S/c25-18-4-3-5-19(16-18)30-11-8-21(27-30)24(31)26-22-17-20(6-7-23(22)28-9-1-2-10-28)35(32,33)29-12-14-34-15-13-29/h3-8,11,16-17H,1-2,9-10,12-15H2,(H,26,31). The number of morpholine rings is 1. The van der Waals surface area contributed by atoms with Crippen LogP contribution in [0.25, 0.3) is 5.69 Å². The summed E-state index contributed by atoms with van der Waals surface area (Å²) in [6, 6.07) is 12.3. The molecule has 3 aromatic rings. The molecule has 2 fully saturated rings. The van der Waals surface area contributed by atoms with Gasteiger partial charge >= 0.3 is 0 Å². The Hall–Kier alpha value is -3.28. The molecule has 0 atom stereocenters. The fraction of sp³-hybridized carbons (Fsp3) is 0.333. The Morgan fingerprint density at radius 2 is 1.77 bits per heavy atom. The minimum atomic E-state index is -3.73. The Kier molecular flexibility index (Phi) is 6.54. The topological polar surface area (TPSA) is 96.8 Å². The molecular weight excluding hydrogens is 473 g/mol. The number of anilines is 2. The number of hydrogen-bond acceptors (Lipinski definition) is 6. The molecule has 1 aromatic heterocycles. The van der Waals surface area contributed by atoms with Gasteiger partial charge in [0.15, 0.2) is 5.69 Å². The van der Waals surface area contributed by atoms with Crippen molar-refractivity contribution < 1.29 is 22.3 Å². The molecule has 0 radical (unpaired) electrons. The molecule has 1 N–H and O–H groups in total. The Bertz CT molecular complexity index is 1330. The van der Waals surface area contributed by atoms with Crippen molar-refractivity contribution in [1.82, 2.24) is 14.1 Å². The van der Waals surface area contributed by atoms with Crippen LogP contribution in [0, 0.1) is 5.82 Å². The summed E-state index contributed by atoms with van der Waals surface area (Å²) in [4.78, 5) is 15.3. The molecule has 0 saturated carbocycles. The van der Waals surface area contributed by atoms with Crippen LogP contribution in [0.1, 0.15) is 23.3 Å². The highest BCUT2D eigenvalue weighted by Gasteiger charge is 2.28. The molecule has 2 aliphatic rings. The fourth-order valence-corrected chi connectivity index (χ4v) is 5.77. The van der Waals surface area contributed by atoms with Crippen LogP contribution in [-0.2, 0) is 14.8 Å². The second kappa shape index (κ2) is 9.76. The predicted octanol–water partition coefficient (Wildman–Crippen LogP) is 2.88. The highest BCUT2D eigenvalue weighted by molar-refractivity contribution is 7.89. The monoisotopic (exact) mass is 499 g/mol. The molecule has 1 amide bonds. The molecular formula is C24H26FN5O4S. The second-order valence-corrected chi connectivity index (χ2v) is 10.4. The fourth-order valence-electron chi connectivity index (χ4n) is 4.34. The first kappa shape index (κ1) is 23.5. The molecule has 2 aromatic carbocycles. The third kappa shape index (κ3) is 4.93. The Morgan fingerprint density at radius 3 is 2.51 bits per heavy atom. The maximum Gasteiger partial charge on any atom is 0.276 e. The quantitative estimate of drug-likeness (QED) is 0.560. The number of carbonyl (C=O) groups excluding carboxylic acids is 1. The van der Waals surface area contributed by atoms with Crippen LogP contribution in [0.4, 0.5) is 15.8 Å². The van der Waals surface area contributed by atoms with E-state index >= 15 is 0 Å². The van der Waals surface area contributed by atoms with Gasteiger partial charge in [-0.05, 0) is 55.3 Å². The van der Waals surface area contributed by atoms with Crippen LogP contribution in [0.5, 0.6) is 0 Å². The van der Waals surface area contributed by atoms with Gasteiger partial charge in [-0.25, -0.2) is 17.5 Å². The van der Waals surface area contributed by atoms with Crippen LogP contribution >= 0.6 is 0 Å². The Morgan fingerprint density at radius 1 is 1.00 bits per heavy atom. The van der Waals surface area contributed by atoms with E-state index in [0.29, 0.717) is 24.6 Å². The first-order chi connectivity index (χ1) is 16.9. The third-order valence-corrected chi connectivity index (χ3v) is 8.06. The van der Waals surface area contributed by atoms with E-state index in [1.54, 1.807) is 30.5 Å². The van der Waals surface area contributed by atoms with E-state index in [0.717, 1.165) is 31.6 Å². The van der Waals surface area contributed by atoms with E-state index in [-0.39, 0.29) is 23.7 Å². The lowest BCUT2D eigenvalue weighted by Gasteiger charge is -2.27. The maximum absolute atomic E-state index is 13.6. The summed E-state index contributed by atoms with van der Waals surface area (Å²) < 4.78 is 48.1. The first-order valence-corrected chi connectivity index (χ1v) is 13.0. The Balaban J connectivity index is 1.44. The number of nitrogens with zero attached hydrogens (tertiary/aromatic N) is 4. The van der Waals surface area contributed by atoms with Gasteiger partial charge < -0.3 is 15.0 Å². The largest absolute Gasteiger partial charge is 0.379 e. The highest BCUT2D eigenvalue weighted by Crippen LogP contribution is 2.33. The molecule has 2 saturated heterocycles. The summed E-state index contributed by atoms with van der Waals surface area (Å²) in [5.74, 6) is -0.890. The molecule has 3 heterocycles. The molecule has 9 nitrogen and oxygen atoms in total. The number of rotatable bonds is 6. The lowest BCUT2D eigenvalue weighted by molar-refractivity contribution is 0.0730. The van der Waals surface area contributed by atoms with Crippen LogP contribution in [0.15, 0.2) is 59.6 Å². The minimum Gasteiger partial charge on any atom is -0.379 e. The molecule has 0 spiro atoms. The van der Waals surface area contributed by atoms with Gasteiger partial charge in [0.25, 0.3) is 5.91 Å². The molecule has 0 bridgehead atoms. The summed E-state index contributed by atoms with van der Waals surface area (Å²) in [6.07, 6.45) is 3.63. The summed E-state index contributed by atoms with van der Waals surface area (Å²) in [5.41, 5.74) is 1.79. The van der Waals surface area contributed by atoms with E-state index in [1.807, 2.05) is 0 Å². The zero-order chi connectivity index (χ0) is 24.4. The zero-order valence-electron chi connectivity index (χ0n) is 19.1. The number of sulfonamides is 1. The molecule has 11 heteroatoms. The van der Waals surface area contributed by atoms with Crippen molar-refractivity contribution >= 4 is 27.3 Å². The number of nitrogens with one attached hydrogen (secondary N) is 1. The van der Waals surface area contributed by atoms with Crippen LogP contribution in [0.2, 0.25) is 0 Å². The first-order valence-electron chi connectivity index (χ1n) is 11.5. The average molecular weight is 500 g/mol. The van der Waals surface area contributed by atoms with Crippen LogP contribution in [-0.4, -0.2) is 67.8 Å². The molecule has 184 valence electrons. The molecule has 5 rings (SSSR count). The predicted molar refractivity (Wildman–Crippen MR) is 129 cm³/mol. The van der Waals surface area contributed by atoms with Gasteiger partial charge in [-0.15, -0.1) is 0 Å². The van der Waals surface area contributed by atoms with Crippen molar-refractivity contribution in [2.24, 2.45) is 0 Å². The number of carbonyl (C=O) groups is 1. The summed E-state index contributed by atoms with van der Waals surface area (Å²) in [7, 11) is -3.73. The molecule has 0 aliphatic carbocycles. The van der Waals surface area contributed by atoms with Crippen molar-refractivity contribution in [3.63, 3.8) is 0 Å². The van der Waals surface area contributed by atoms with Crippen molar-refractivity contribution in [2.75, 3.05) is 49.6 Å². The van der Waals surface area contributed by atoms with E-state index < -0.39 is 21.7 Å². The number of benzene rings is 2. The number of amides is 1. The lowest BCUT2D eigenvalue weighted by Crippen LogP contribution is -2.40. The van der Waals surface area contributed by atoms with Crippen LogP contribution in [0.3, 0.4) is 0 Å². The van der Waals surface area contributed by atoms with Gasteiger partial charge in [-0.2, -0.15) is 9.40 Å². The maximum atomic E-state index is 13.6. The van der Waals surface area contributed by atoms with Gasteiger partial charge in [0.1, 0.15) is 5.82 Å². The van der Waals surface area contributed by atoms with Crippen LogP contribution < -0.4 is 10.2 Å². The molecule has 35 heavy (non-hydrogen) atoms. The van der Waals surface area contributed by atoms with Gasteiger partial charge in [-0.3, -0.25) is 4.79 Å². The van der Waals surface area contributed by atoms with E-state index in [1.165, 1.54) is 33.3 Å². The van der Waals surface area contributed by atoms with E-state index in [9.17, 15) is 17.6 Å². The summed E-state index contributed by atoms with van der Waals surface area (Å²) in [5, 5.41) is 7.13. The van der Waals surface area contributed by atoms with Crippen molar-refractivity contribution in [1.29, 1.82) is 0 Å². The summed E-state index contributed by atoms with van der Waals surface area (Å²) in [6.45, 7) is 2.93. The van der Waals surface area contributed by atoms with Gasteiger partial charge in [-0.1, -0.05) is 6.07 Å². The van der Waals surface area contributed by atoms with E-state index in [4.69, 9.17) is 4.74 Å². The molecule has 0 unspecified atom stereocenters. The number of hydrogen-bond donors (Lipinski definition) is 1. The van der Waals surface area contributed by atoms with Gasteiger partial charge in [0, 0.05) is 32.4 Å². The van der Waals surface area contributed by atoms with Crippen molar-refractivity contribution in [2.45, 2.75) is 17.7 Å². The lowest BCUT2D eigenvalue weighted by atomic mass is 10.2. The SMILES string of the molecule is O=C(Nc1cc(S(=O)(=O)N2CCOCC2)ccc1N1CCCC1)c1ccn(-c2cccc(F)c2)n1. The van der Waals surface area contributed by atoms with Gasteiger partial charge in [0.2, 0.25) is 10.0 Å². The molecule has 2 aliphatic heterocycles. The van der Waals surface area contributed by atoms with Crippen molar-refractivity contribution in [3.05, 3.63) is 66.2 Å². The summed E-state index contributed by atoms with van der Waals surface area (Å²) >= 11 is 0. The number of aromatic nitrogens is 2. The Labute approximate surface area is 203 Å². The third-order valence-electron chi connectivity index (χ3n) is 6.17.